The third kappa shape index (κ3) is 5.35. The molecule has 1 aliphatic rings. The van der Waals surface area contributed by atoms with Crippen LogP contribution in [0.25, 0.3) is 0 Å². The summed E-state index contributed by atoms with van der Waals surface area (Å²) < 4.78 is 40.7. The summed E-state index contributed by atoms with van der Waals surface area (Å²) in [6.07, 6.45) is -3.00. The van der Waals surface area contributed by atoms with Crippen LogP contribution in [0.4, 0.5) is 23.7 Å². The molecule has 0 saturated carbocycles. The van der Waals surface area contributed by atoms with Crippen molar-refractivity contribution in [1.82, 2.24) is 10.2 Å². The van der Waals surface area contributed by atoms with E-state index in [1.54, 1.807) is 4.90 Å². The van der Waals surface area contributed by atoms with Crippen LogP contribution in [-0.2, 0) is 4.79 Å². The van der Waals surface area contributed by atoms with Crippen LogP contribution in [0.1, 0.15) is 12.8 Å². The van der Waals surface area contributed by atoms with Gasteiger partial charge in [-0.1, -0.05) is 12.1 Å². The molecule has 0 aromatic heterocycles. The van der Waals surface area contributed by atoms with Gasteiger partial charge in [0.05, 0.1) is 12.2 Å². The Balaban J connectivity index is 1.88. The van der Waals surface area contributed by atoms with Gasteiger partial charge in [0.25, 0.3) is 0 Å². The standard InChI is InChI=1S/C14H16F3N3O3/c15-14(16,17)23-11-6-2-1-5-10(11)19-13(22)18-9-12(21)20-7-3-4-8-20/h1-2,5-6H,3-4,7-9H2,(H2,18,19,22). The minimum Gasteiger partial charge on any atom is -0.404 e. The lowest BCUT2D eigenvalue weighted by Crippen LogP contribution is -2.40. The van der Waals surface area contributed by atoms with E-state index in [9.17, 15) is 22.8 Å². The van der Waals surface area contributed by atoms with Gasteiger partial charge in [-0.15, -0.1) is 13.2 Å². The molecule has 0 spiro atoms. The molecule has 2 rings (SSSR count). The molecule has 1 fully saturated rings. The van der Waals surface area contributed by atoms with Crippen LogP contribution in [0, 0.1) is 0 Å². The average Bonchev–Trinajstić information content (AvgIpc) is 2.99. The summed E-state index contributed by atoms with van der Waals surface area (Å²) in [7, 11) is 0. The second kappa shape index (κ2) is 7.21. The quantitative estimate of drug-likeness (QED) is 0.889. The smallest absolute Gasteiger partial charge is 0.404 e. The van der Waals surface area contributed by atoms with Gasteiger partial charge >= 0.3 is 12.4 Å². The fraction of sp³-hybridized carbons (Fsp3) is 0.429. The summed E-state index contributed by atoms with van der Waals surface area (Å²) in [5.74, 6) is -0.751. The number of carbonyl (C=O) groups excluding carboxylic acids is 2. The summed E-state index contributed by atoms with van der Waals surface area (Å²) in [4.78, 5) is 25.1. The number of nitrogens with one attached hydrogen (secondary N) is 2. The lowest BCUT2D eigenvalue weighted by atomic mass is 10.3. The fourth-order valence-electron chi connectivity index (χ4n) is 2.18. The summed E-state index contributed by atoms with van der Waals surface area (Å²) in [5, 5.41) is 4.55. The molecule has 1 aromatic rings. The number of alkyl halides is 3. The number of halogens is 3. The molecule has 1 heterocycles. The Labute approximate surface area is 130 Å². The maximum atomic E-state index is 12.3. The predicted octanol–water partition coefficient (Wildman–Crippen LogP) is 2.33. The van der Waals surface area contributed by atoms with E-state index in [1.807, 2.05) is 0 Å². The molecule has 126 valence electrons. The normalized spacial score (nSPS) is 14.5. The molecule has 0 atom stereocenters. The van der Waals surface area contributed by atoms with E-state index in [0.717, 1.165) is 18.9 Å². The first-order valence-corrected chi connectivity index (χ1v) is 7.02. The zero-order valence-corrected chi connectivity index (χ0v) is 12.2. The Morgan fingerprint density at radius 3 is 2.48 bits per heavy atom. The topological polar surface area (TPSA) is 70.7 Å². The molecule has 3 amide bonds. The van der Waals surface area contributed by atoms with Gasteiger partial charge in [0.1, 0.15) is 0 Å². The lowest BCUT2D eigenvalue weighted by molar-refractivity contribution is -0.274. The Morgan fingerprint density at radius 1 is 1.17 bits per heavy atom. The number of amides is 3. The van der Waals surface area contributed by atoms with Gasteiger partial charge in [-0.2, -0.15) is 0 Å². The first-order valence-electron chi connectivity index (χ1n) is 7.02. The lowest BCUT2D eigenvalue weighted by Gasteiger charge is -2.16. The van der Waals surface area contributed by atoms with Crippen LogP contribution in [0.5, 0.6) is 5.75 Å². The average molecular weight is 331 g/mol. The largest absolute Gasteiger partial charge is 0.573 e. The molecule has 0 unspecified atom stereocenters. The van der Waals surface area contributed by atoms with Crippen LogP contribution >= 0.6 is 0 Å². The molecule has 1 saturated heterocycles. The van der Waals surface area contributed by atoms with Crippen LogP contribution < -0.4 is 15.4 Å². The molecular formula is C14H16F3N3O3. The second-order valence-electron chi connectivity index (χ2n) is 4.94. The Morgan fingerprint density at radius 2 is 1.83 bits per heavy atom. The van der Waals surface area contributed by atoms with E-state index >= 15 is 0 Å². The first-order chi connectivity index (χ1) is 10.8. The highest BCUT2D eigenvalue weighted by Crippen LogP contribution is 2.29. The highest BCUT2D eigenvalue weighted by Gasteiger charge is 2.32. The number of ether oxygens (including phenoxy) is 1. The van der Waals surface area contributed by atoms with Crippen molar-refractivity contribution in [2.45, 2.75) is 19.2 Å². The van der Waals surface area contributed by atoms with Crippen molar-refractivity contribution in [3.05, 3.63) is 24.3 Å². The fourth-order valence-corrected chi connectivity index (χ4v) is 2.18. The third-order valence-corrected chi connectivity index (χ3v) is 3.22. The number of hydrogen-bond donors (Lipinski definition) is 2. The zero-order valence-electron chi connectivity index (χ0n) is 12.2. The van der Waals surface area contributed by atoms with E-state index in [2.05, 4.69) is 15.4 Å². The van der Waals surface area contributed by atoms with Crippen molar-refractivity contribution in [3.8, 4) is 5.75 Å². The molecule has 6 nitrogen and oxygen atoms in total. The van der Waals surface area contributed by atoms with Crippen LogP contribution in [0.15, 0.2) is 24.3 Å². The Hall–Kier alpha value is -2.45. The molecule has 23 heavy (non-hydrogen) atoms. The van der Waals surface area contributed by atoms with E-state index in [1.165, 1.54) is 18.2 Å². The van der Waals surface area contributed by atoms with Gasteiger partial charge in [-0.25, -0.2) is 4.79 Å². The summed E-state index contributed by atoms with van der Waals surface area (Å²) in [5.41, 5.74) is -0.143. The minimum absolute atomic E-state index is 0.143. The maximum absolute atomic E-state index is 12.3. The number of hydrogen-bond acceptors (Lipinski definition) is 3. The number of rotatable bonds is 4. The SMILES string of the molecule is O=C(NCC(=O)N1CCCC1)Nc1ccccc1OC(F)(F)F. The molecule has 9 heteroatoms. The number of para-hydroxylation sites is 2. The highest BCUT2D eigenvalue weighted by atomic mass is 19.4. The number of anilines is 1. The van der Waals surface area contributed by atoms with E-state index < -0.39 is 18.1 Å². The number of urea groups is 1. The van der Waals surface area contributed by atoms with Gasteiger partial charge in [0, 0.05) is 13.1 Å². The molecule has 2 N–H and O–H groups in total. The van der Waals surface area contributed by atoms with Crippen molar-refractivity contribution in [2.75, 3.05) is 25.0 Å². The number of likely N-dealkylation sites (tertiary alicyclic amines) is 1. The summed E-state index contributed by atoms with van der Waals surface area (Å²) in [6, 6.07) is 4.37. The highest BCUT2D eigenvalue weighted by molar-refractivity contribution is 5.93. The van der Waals surface area contributed by atoms with Gasteiger partial charge in [-0.3, -0.25) is 4.79 Å². The minimum atomic E-state index is -4.86. The molecule has 1 aliphatic heterocycles. The van der Waals surface area contributed by atoms with Gasteiger partial charge < -0.3 is 20.3 Å². The molecule has 0 aliphatic carbocycles. The number of benzene rings is 1. The van der Waals surface area contributed by atoms with Crippen molar-refractivity contribution in [3.63, 3.8) is 0 Å². The van der Waals surface area contributed by atoms with Crippen LogP contribution in [0.2, 0.25) is 0 Å². The van der Waals surface area contributed by atoms with E-state index in [-0.39, 0.29) is 18.1 Å². The monoisotopic (exact) mass is 331 g/mol. The van der Waals surface area contributed by atoms with Crippen molar-refractivity contribution in [1.29, 1.82) is 0 Å². The van der Waals surface area contributed by atoms with Crippen molar-refractivity contribution >= 4 is 17.6 Å². The van der Waals surface area contributed by atoms with Gasteiger partial charge in [-0.05, 0) is 25.0 Å². The van der Waals surface area contributed by atoms with Gasteiger partial charge in [0.2, 0.25) is 5.91 Å². The predicted molar refractivity (Wildman–Crippen MR) is 76.0 cm³/mol. The Bertz CT molecular complexity index is 572. The summed E-state index contributed by atoms with van der Waals surface area (Å²) >= 11 is 0. The van der Waals surface area contributed by atoms with Crippen molar-refractivity contribution < 1.29 is 27.5 Å². The van der Waals surface area contributed by atoms with Crippen LogP contribution in [-0.4, -0.2) is 42.8 Å². The van der Waals surface area contributed by atoms with Crippen LogP contribution in [0.3, 0.4) is 0 Å². The summed E-state index contributed by atoms with van der Waals surface area (Å²) in [6.45, 7) is 1.10. The van der Waals surface area contributed by atoms with Crippen molar-refractivity contribution in [2.24, 2.45) is 0 Å². The Kier molecular flexibility index (Phi) is 5.30. The first kappa shape index (κ1) is 16.9. The van der Waals surface area contributed by atoms with E-state index in [0.29, 0.717) is 13.1 Å². The molecular weight excluding hydrogens is 315 g/mol. The third-order valence-electron chi connectivity index (χ3n) is 3.22. The maximum Gasteiger partial charge on any atom is 0.573 e. The second-order valence-corrected chi connectivity index (χ2v) is 4.94. The molecule has 1 aromatic carbocycles. The number of carbonyl (C=O) groups is 2. The van der Waals surface area contributed by atoms with E-state index in [4.69, 9.17) is 0 Å². The van der Waals surface area contributed by atoms with Gasteiger partial charge in [0.15, 0.2) is 5.75 Å². The zero-order chi connectivity index (χ0) is 16.9. The number of nitrogens with zero attached hydrogens (tertiary/aromatic N) is 1. The molecule has 0 bridgehead atoms. The molecule has 0 radical (unpaired) electrons.